The van der Waals surface area contributed by atoms with Crippen LogP contribution in [-0.2, 0) is 15.7 Å². The summed E-state index contributed by atoms with van der Waals surface area (Å²) in [5.41, 5.74) is 5.20. The van der Waals surface area contributed by atoms with Gasteiger partial charge in [-0.1, -0.05) is 0 Å². The molecular formula is C16H22ClF3N2O3. The molecule has 1 heterocycles. The van der Waals surface area contributed by atoms with Crippen LogP contribution in [-0.4, -0.2) is 38.3 Å². The van der Waals surface area contributed by atoms with Gasteiger partial charge in [-0.25, -0.2) is 0 Å². The molecule has 0 bridgehead atoms. The maximum atomic E-state index is 12.4. The first-order valence-electron chi connectivity index (χ1n) is 7.79. The molecule has 1 unspecified atom stereocenters. The lowest BCUT2D eigenvalue weighted by molar-refractivity contribution is -0.137. The number of hydrogen-bond acceptors (Lipinski definition) is 4. The van der Waals surface area contributed by atoms with E-state index in [2.05, 4.69) is 5.32 Å². The molecule has 0 aromatic heterocycles. The van der Waals surface area contributed by atoms with E-state index in [1.807, 2.05) is 0 Å². The lowest BCUT2D eigenvalue weighted by Gasteiger charge is -2.26. The summed E-state index contributed by atoms with van der Waals surface area (Å²) in [7, 11) is 0. The van der Waals surface area contributed by atoms with Crippen molar-refractivity contribution in [2.24, 2.45) is 11.7 Å². The maximum absolute atomic E-state index is 12.4. The Labute approximate surface area is 150 Å². The summed E-state index contributed by atoms with van der Waals surface area (Å²) in [4.78, 5) is 12.0. The Bertz CT molecular complexity index is 534. The van der Waals surface area contributed by atoms with E-state index in [4.69, 9.17) is 15.2 Å². The maximum Gasteiger partial charge on any atom is 0.416 e. The summed E-state index contributed by atoms with van der Waals surface area (Å²) in [6.07, 6.45) is -2.85. The lowest BCUT2D eigenvalue weighted by atomic mass is 9.92. The van der Waals surface area contributed by atoms with E-state index >= 15 is 0 Å². The second kappa shape index (κ2) is 9.84. The lowest BCUT2D eigenvalue weighted by Crippen LogP contribution is -2.47. The molecule has 9 heteroatoms. The molecule has 142 valence electrons. The predicted molar refractivity (Wildman–Crippen MR) is 88.7 cm³/mol. The predicted octanol–water partition coefficient (Wildman–Crippen LogP) is 2.38. The van der Waals surface area contributed by atoms with E-state index in [1.54, 1.807) is 0 Å². The number of nitrogens with two attached hydrogens (primary N) is 1. The monoisotopic (exact) mass is 382 g/mol. The van der Waals surface area contributed by atoms with Crippen LogP contribution in [0, 0.1) is 5.92 Å². The van der Waals surface area contributed by atoms with Crippen molar-refractivity contribution in [1.82, 2.24) is 5.32 Å². The third-order valence-corrected chi connectivity index (χ3v) is 3.93. The van der Waals surface area contributed by atoms with Crippen molar-refractivity contribution in [2.45, 2.75) is 25.1 Å². The molecule has 0 spiro atoms. The van der Waals surface area contributed by atoms with Gasteiger partial charge in [0.15, 0.2) is 0 Å². The summed E-state index contributed by atoms with van der Waals surface area (Å²) in [5.74, 6) is 0.165. The molecule has 1 aliphatic rings. The smallest absolute Gasteiger partial charge is 0.416 e. The average molecular weight is 383 g/mol. The number of amides is 1. The number of alkyl halides is 3. The fraction of sp³-hybridized carbons (Fsp3) is 0.562. The SMILES string of the molecule is Cl.NC(C(=O)NCCOc1ccc(C(F)(F)F)cc1)C1CCOCC1. The Balaban J connectivity index is 0.00000312. The Morgan fingerprint density at radius 1 is 1.28 bits per heavy atom. The Morgan fingerprint density at radius 3 is 2.44 bits per heavy atom. The van der Waals surface area contributed by atoms with E-state index in [9.17, 15) is 18.0 Å². The van der Waals surface area contributed by atoms with Gasteiger partial charge in [0.25, 0.3) is 0 Å². The van der Waals surface area contributed by atoms with E-state index in [0.29, 0.717) is 19.0 Å². The van der Waals surface area contributed by atoms with Crippen molar-refractivity contribution in [2.75, 3.05) is 26.4 Å². The van der Waals surface area contributed by atoms with Crippen molar-refractivity contribution in [3.63, 3.8) is 0 Å². The molecule has 1 atom stereocenters. The normalized spacial score (nSPS) is 16.6. The number of nitrogens with one attached hydrogen (secondary N) is 1. The second-order valence-corrected chi connectivity index (χ2v) is 5.64. The standard InChI is InChI=1S/C16H21F3N2O3.ClH/c17-16(18,19)12-1-3-13(4-2-12)24-10-7-21-15(22)14(20)11-5-8-23-9-6-11;/h1-4,11,14H,5-10,20H2,(H,21,22);1H. The molecule has 5 nitrogen and oxygen atoms in total. The van der Waals surface area contributed by atoms with Crippen molar-refractivity contribution < 1.29 is 27.4 Å². The zero-order chi connectivity index (χ0) is 17.6. The van der Waals surface area contributed by atoms with Crippen LogP contribution >= 0.6 is 12.4 Å². The molecule has 0 radical (unpaired) electrons. The minimum atomic E-state index is -4.37. The summed E-state index contributed by atoms with van der Waals surface area (Å²) in [5, 5.41) is 2.68. The number of rotatable bonds is 6. The summed E-state index contributed by atoms with van der Waals surface area (Å²) in [6, 6.07) is 3.82. The fourth-order valence-corrected chi connectivity index (χ4v) is 2.49. The highest BCUT2D eigenvalue weighted by atomic mass is 35.5. The van der Waals surface area contributed by atoms with E-state index < -0.39 is 17.8 Å². The molecule has 0 aliphatic carbocycles. The van der Waals surface area contributed by atoms with Crippen LogP contribution in [0.1, 0.15) is 18.4 Å². The number of carbonyl (C=O) groups excluding carboxylic acids is 1. The Kier molecular flexibility index (Phi) is 8.47. The van der Waals surface area contributed by atoms with Crippen molar-refractivity contribution in [1.29, 1.82) is 0 Å². The topological polar surface area (TPSA) is 73.6 Å². The van der Waals surface area contributed by atoms with Gasteiger partial charge in [0.2, 0.25) is 5.91 Å². The zero-order valence-electron chi connectivity index (χ0n) is 13.6. The number of ether oxygens (including phenoxy) is 2. The number of benzene rings is 1. The summed E-state index contributed by atoms with van der Waals surface area (Å²) < 4.78 is 47.8. The number of halogens is 4. The molecule has 1 amide bonds. The third kappa shape index (κ3) is 6.72. The largest absolute Gasteiger partial charge is 0.492 e. The van der Waals surface area contributed by atoms with Gasteiger partial charge in [0.1, 0.15) is 12.4 Å². The quantitative estimate of drug-likeness (QED) is 0.741. The van der Waals surface area contributed by atoms with Gasteiger partial charge in [0, 0.05) is 13.2 Å². The van der Waals surface area contributed by atoms with Crippen LogP contribution in [0.2, 0.25) is 0 Å². The molecule has 1 aromatic carbocycles. The van der Waals surface area contributed by atoms with Gasteiger partial charge in [-0.2, -0.15) is 13.2 Å². The van der Waals surface area contributed by atoms with E-state index in [1.165, 1.54) is 12.1 Å². The van der Waals surface area contributed by atoms with Crippen molar-refractivity contribution in [3.05, 3.63) is 29.8 Å². The molecule has 1 fully saturated rings. The van der Waals surface area contributed by atoms with Crippen LogP contribution in [0.3, 0.4) is 0 Å². The van der Waals surface area contributed by atoms with Gasteiger partial charge in [-0.05, 0) is 43.0 Å². The molecular weight excluding hydrogens is 361 g/mol. The first-order valence-corrected chi connectivity index (χ1v) is 7.79. The first kappa shape index (κ1) is 21.5. The van der Waals surface area contributed by atoms with Gasteiger partial charge in [-0.3, -0.25) is 4.79 Å². The molecule has 2 rings (SSSR count). The van der Waals surface area contributed by atoms with Crippen LogP contribution in [0.25, 0.3) is 0 Å². The molecule has 1 aromatic rings. The molecule has 25 heavy (non-hydrogen) atoms. The second-order valence-electron chi connectivity index (χ2n) is 5.64. The van der Waals surface area contributed by atoms with E-state index in [0.717, 1.165) is 25.0 Å². The van der Waals surface area contributed by atoms with Crippen LogP contribution in [0.5, 0.6) is 5.75 Å². The Morgan fingerprint density at radius 2 is 1.88 bits per heavy atom. The van der Waals surface area contributed by atoms with Gasteiger partial charge in [0.05, 0.1) is 18.2 Å². The third-order valence-electron chi connectivity index (χ3n) is 3.93. The number of hydrogen-bond donors (Lipinski definition) is 2. The molecule has 3 N–H and O–H groups in total. The Hall–Kier alpha value is -1.51. The summed E-state index contributed by atoms with van der Waals surface area (Å²) >= 11 is 0. The van der Waals surface area contributed by atoms with Gasteiger partial charge in [-0.15, -0.1) is 12.4 Å². The minimum absolute atomic E-state index is 0. The van der Waals surface area contributed by atoms with Crippen LogP contribution in [0.15, 0.2) is 24.3 Å². The van der Waals surface area contributed by atoms with Gasteiger partial charge >= 0.3 is 6.18 Å². The average Bonchev–Trinajstić information content (AvgIpc) is 2.58. The molecule has 1 aliphatic heterocycles. The van der Waals surface area contributed by atoms with E-state index in [-0.39, 0.29) is 37.4 Å². The first-order chi connectivity index (χ1) is 11.4. The van der Waals surface area contributed by atoms with Crippen molar-refractivity contribution >= 4 is 18.3 Å². The van der Waals surface area contributed by atoms with Gasteiger partial charge < -0.3 is 20.5 Å². The highest BCUT2D eigenvalue weighted by Gasteiger charge is 2.30. The molecule has 1 saturated heterocycles. The molecule has 0 saturated carbocycles. The minimum Gasteiger partial charge on any atom is -0.492 e. The highest BCUT2D eigenvalue weighted by Crippen LogP contribution is 2.30. The van der Waals surface area contributed by atoms with Crippen molar-refractivity contribution in [3.8, 4) is 5.75 Å². The fourth-order valence-electron chi connectivity index (χ4n) is 2.49. The van der Waals surface area contributed by atoms with Crippen LogP contribution in [0.4, 0.5) is 13.2 Å². The number of carbonyl (C=O) groups is 1. The highest BCUT2D eigenvalue weighted by molar-refractivity contribution is 5.85. The summed E-state index contributed by atoms with van der Waals surface area (Å²) in [6.45, 7) is 1.61. The van der Waals surface area contributed by atoms with Crippen LogP contribution < -0.4 is 15.8 Å². The zero-order valence-corrected chi connectivity index (χ0v) is 14.4.